The molecular weight excluding hydrogens is 292 g/mol. The van der Waals surface area contributed by atoms with Gasteiger partial charge in [0.05, 0.1) is 0 Å². The van der Waals surface area contributed by atoms with Crippen LogP contribution in [0.5, 0.6) is 11.5 Å². The molecule has 5 nitrogen and oxygen atoms in total. The summed E-state index contributed by atoms with van der Waals surface area (Å²) in [6.07, 6.45) is 1.59. The Morgan fingerprint density at radius 2 is 2.17 bits per heavy atom. The van der Waals surface area contributed by atoms with E-state index in [0.717, 1.165) is 43.1 Å². The molecule has 1 amide bonds. The Hall–Kier alpha value is -1.75. The van der Waals surface area contributed by atoms with Gasteiger partial charge >= 0.3 is 0 Å². The first kappa shape index (κ1) is 16.1. The zero-order chi connectivity index (χ0) is 16.2. The topological polar surface area (TPSA) is 50.8 Å². The van der Waals surface area contributed by atoms with Crippen molar-refractivity contribution in [2.45, 2.75) is 39.3 Å². The second kappa shape index (κ2) is 7.21. The summed E-state index contributed by atoms with van der Waals surface area (Å²) in [5, 5.41) is 3.64. The van der Waals surface area contributed by atoms with Crippen molar-refractivity contribution in [1.29, 1.82) is 0 Å². The minimum atomic E-state index is 0.262. The van der Waals surface area contributed by atoms with Gasteiger partial charge < -0.3 is 19.7 Å². The van der Waals surface area contributed by atoms with Gasteiger partial charge in [0, 0.05) is 37.7 Å². The summed E-state index contributed by atoms with van der Waals surface area (Å²) in [4.78, 5) is 13.8. The third-order valence-electron chi connectivity index (χ3n) is 4.76. The number of carbonyl (C=O) groups is 1. The van der Waals surface area contributed by atoms with Gasteiger partial charge in [-0.3, -0.25) is 4.79 Å². The molecule has 2 heterocycles. The molecule has 1 fully saturated rings. The van der Waals surface area contributed by atoms with Gasteiger partial charge in [0.15, 0.2) is 11.5 Å². The number of hydrogen-bond acceptors (Lipinski definition) is 4. The van der Waals surface area contributed by atoms with E-state index in [2.05, 4.69) is 18.3 Å². The van der Waals surface area contributed by atoms with Crippen molar-refractivity contribution in [3.8, 4) is 11.5 Å². The highest BCUT2D eigenvalue weighted by Crippen LogP contribution is 2.33. The van der Waals surface area contributed by atoms with Gasteiger partial charge in [0.1, 0.15) is 13.2 Å². The minimum absolute atomic E-state index is 0.262. The molecule has 5 heteroatoms. The Morgan fingerprint density at radius 1 is 1.35 bits per heavy atom. The lowest BCUT2D eigenvalue weighted by atomic mass is 9.93. The predicted octanol–water partition coefficient (Wildman–Crippen LogP) is 2.19. The Kier molecular flexibility index (Phi) is 5.06. The van der Waals surface area contributed by atoms with Crippen molar-refractivity contribution in [1.82, 2.24) is 10.2 Å². The molecule has 0 aliphatic carbocycles. The number of rotatable bonds is 4. The zero-order valence-electron chi connectivity index (χ0n) is 14.0. The largest absolute Gasteiger partial charge is 0.486 e. The fourth-order valence-corrected chi connectivity index (χ4v) is 3.41. The van der Waals surface area contributed by atoms with Gasteiger partial charge in [-0.25, -0.2) is 0 Å². The van der Waals surface area contributed by atoms with Crippen LogP contribution in [0.3, 0.4) is 0 Å². The molecule has 0 bridgehead atoms. The Bertz CT molecular complexity index is 561. The molecule has 0 aromatic heterocycles. The second-order valence-corrected chi connectivity index (χ2v) is 6.39. The number of fused-ring (bicyclic) bond motifs is 1. The number of amides is 1. The highest BCUT2D eigenvalue weighted by molar-refractivity contribution is 5.75. The van der Waals surface area contributed by atoms with Gasteiger partial charge in [-0.15, -0.1) is 0 Å². The molecule has 1 aromatic carbocycles. The van der Waals surface area contributed by atoms with Crippen molar-refractivity contribution in [2.75, 3.05) is 26.3 Å². The molecule has 2 atom stereocenters. The third kappa shape index (κ3) is 3.61. The number of hydrogen-bond donors (Lipinski definition) is 1. The van der Waals surface area contributed by atoms with Gasteiger partial charge in [-0.1, -0.05) is 26.0 Å². The van der Waals surface area contributed by atoms with Crippen LogP contribution in [0.4, 0.5) is 0 Å². The number of likely N-dealkylation sites (tertiary alicyclic amines) is 1. The van der Waals surface area contributed by atoms with E-state index in [4.69, 9.17) is 9.47 Å². The summed E-state index contributed by atoms with van der Waals surface area (Å²) >= 11 is 0. The van der Waals surface area contributed by atoms with Crippen molar-refractivity contribution >= 4 is 5.91 Å². The Morgan fingerprint density at radius 3 is 2.96 bits per heavy atom. The number of piperidine rings is 1. The van der Waals surface area contributed by atoms with Gasteiger partial charge in [0.2, 0.25) is 5.91 Å². The molecular formula is C18H26N2O3. The number of nitrogens with one attached hydrogen (secondary N) is 1. The molecule has 0 radical (unpaired) electrons. The lowest BCUT2D eigenvalue weighted by Crippen LogP contribution is -2.49. The highest BCUT2D eigenvalue weighted by Gasteiger charge is 2.28. The van der Waals surface area contributed by atoms with Crippen LogP contribution in [0, 0.1) is 5.92 Å². The fourth-order valence-electron chi connectivity index (χ4n) is 3.41. The summed E-state index contributed by atoms with van der Waals surface area (Å²) in [6, 6.07) is 6.48. The molecule has 126 valence electrons. The molecule has 1 saturated heterocycles. The molecule has 23 heavy (non-hydrogen) atoms. The maximum Gasteiger partial charge on any atom is 0.222 e. The number of ether oxygens (including phenoxy) is 2. The molecule has 2 unspecified atom stereocenters. The molecule has 0 spiro atoms. The number of benzene rings is 1. The molecule has 2 aliphatic heterocycles. The van der Waals surface area contributed by atoms with E-state index in [0.29, 0.717) is 31.6 Å². The summed E-state index contributed by atoms with van der Waals surface area (Å²) in [7, 11) is 0. The average Bonchev–Trinajstić information content (AvgIpc) is 2.60. The second-order valence-electron chi connectivity index (χ2n) is 6.39. The van der Waals surface area contributed by atoms with Crippen molar-refractivity contribution in [3.63, 3.8) is 0 Å². The first-order chi connectivity index (χ1) is 11.2. The smallest absolute Gasteiger partial charge is 0.222 e. The fraction of sp³-hybridized carbons (Fsp3) is 0.611. The third-order valence-corrected chi connectivity index (χ3v) is 4.76. The lowest BCUT2D eigenvalue weighted by molar-refractivity contribution is -0.132. The summed E-state index contributed by atoms with van der Waals surface area (Å²) in [5.41, 5.74) is 1.14. The maximum atomic E-state index is 11.8. The minimum Gasteiger partial charge on any atom is -0.486 e. The summed E-state index contributed by atoms with van der Waals surface area (Å²) in [6.45, 7) is 7.83. The predicted molar refractivity (Wildman–Crippen MR) is 88.7 cm³/mol. The Balaban J connectivity index is 1.58. The standard InChI is InChI=1S/C18H26N2O3/c1-3-17(21)20-8-7-15(13(2)12-20)19-11-14-5-4-6-16-18(14)23-10-9-22-16/h4-6,13,15,19H,3,7-12H2,1-2H3. The normalized spacial score (nSPS) is 23.7. The van der Waals surface area contributed by atoms with Crippen LogP contribution in [0.2, 0.25) is 0 Å². The monoisotopic (exact) mass is 318 g/mol. The molecule has 1 N–H and O–H groups in total. The first-order valence-corrected chi connectivity index (χ1v) is 8.57. The van der Waals surface area contributed by atoms with Crippen LogP contribution in [-0.2, 0) is 11.3 Å². The molecule has 3 rings (SSSR count). The molecule has 2 aliphatic rings. The van der Waals surface area contributed by atoms with E-state index in [1.165, 1.54) is 0 Å². The van der Waals surface area contributed by atoms with Gasteiger partial charge in [-0.2, -0.15) is 0 Å². The average molecular weight is 318 g/mol. The van der Waals surface area contributed by atoms with Crippen LogP contribution in [-0.4, -0.2) is 43.2 Å². The van der Waals surface area contributed by atoms with Crippen molar-refractivity contribution < 1.29 is 14.3 Å². The van der Waals surface area contributed by atoms with Crippen LogP contribution in [0.25, 0.3) is 0 Å². The van der Waals surface area contributed by atoms with Gasteiger partial charge in [-0.05, 0) is 18.4 Å². The van der Waals surface area contributed by atoms with Crippen molar-refractivity contribution in [3.05, 3.63) is 23.8 Å². The number of carbonyl (C=O) groups excluding carboxylic acids is 1. The van der Waals surface area contributed by atoms with E-state index in [1.807, 2.05) is 24.0 Å². The van der Waals surface area contributed by atoms with E-state index >= 15 is 0 Å². The Labute approximate surface area is 137 Å². The lowest BCUT2D eigenvalue weighted by Gasteiger charge is -2.37. The number of para-hydroxylation sites is 1. The van der Waals surface area contributed by atoms with Crippen molar-refractivity contribution in [2.24, 2.45) is 5.92 Å². The first-order valence-electron chi connectivity index (χ1n) is 8.57. The van der Waals surface area contributed by atoms with E-state index < -0.39 is 0 Å². The molecule has 1 aromatic rings. The van der Waals surface area contributed by atoms with E-state index in [9.17, 15) is 4.79 Å². The summed E-state index contributed by atoms with van der Waals surface area (Å²) in [5.74, 6) is 2.43. The van der Waals surface area contributed by atoms with E-state index in [-0.39, 0.29) is 5.91 Å². The van der Waals surface area contributed by atoms with Crippen LogP contribution in [0.1, 0.15) is 32.3 Å². The maximum absolute atomic E-state index is 11.8. The van der Waals surface area contributed by atoms with Crippen LogP contribution < -0.4 is 14.8 Å². The van der Waals surface area contributed by atoms with Crippen LogP contribution >= 0.6 is 0 Å². The van der Waals surface area contributed by atoms with Gasteiger partial charge in [0.25, 0.3) is 0 Å². The van der Waals surface area contributed by atoms with Crippen LogP contribution in [0.15, 0.2) is 18.2 Å². The SMILES string of the molecule is CCC(=O)N1CCC(NCc2cccc3c2OCCO3)C(C)C1. The molecule has 0 saturated carbocycles. The summed E-state index contributed by atoms with van der Waals surface area (Å²) < 4.78 is 11.4. The number of nitrogens with zero attached hydrogens (tertiary/aromatic N) is 1. The quantitative estimate of drug-likeness (QED) is 0.924. The van der Waals surface area contributed by atoms with E-state index in [1.54, 1.807) is 0 Å². The highest BCUT2D eigenvalue weighted by atomic mass is 16.6. The zero-order valence-corrected chi connectivity index (χ0v) is 14.0.